The van der Waals surface area contributed by atoms with E-state index in [1.54, 1.807) is 48.1 Å². The monoisotopic (exact) mass is 492 g/mol. The lowest BCUT2D eigenvalue weighted by Gasteiger charge is -2.17. The quantitative estimate of drug-likeness (QED) is 0.351. The summed E-state index contributed by atoms with van der Waals surface area (Å²) in [5, 5.41) is 10.8. The molecule has 0 fully saturated rings. The van der Waals surface area contributed by atoms with E-state index in [1.807, 2.05) is 55.5 Å². The fourth-order valence-corrected chi connectivity index (χ4v) is 5.17. The molecule has 0 aliphatic heterocycles. The van der Waals surface area contributed by atoms with Gasteiger partial charge in [-0.1, -0.05) is 48.6 Å². The summed E-state index contributed by atoms with van der Waals surface area (Å²) in [6.45, 7) is 2.06. The lowest BCUT2D eigenvalue weighted by molar-refractivity contribution is 0.0913. The molecule has 0 saturated heterocycles. The van der Waals surface area contributed by atoms with Gasteiger partial charge >= 0.3 is 0 Å². The molecular formula is C27H28N2O5S. The van der Waals surface area contributed by atoms with Gasteiger partial charge in [-0.3, -0.25) is 0 Å². The summed E-state index contributed by atoms with van der Waals surface area (Å²) >= 11 is 0. The number of ether oxygens (including phenoxy) is 2. The van der Waals surface area contributed by atoms with E-state index in [-0.39, 0.29) is 23.8 Å². The van der Waals surface area contributed by atoms with Crippen molar-refractivity contribution in [2.45, 2.75) is 30.2 Å². The average Bonchev–Trinajstić information content (AvgIpc) is 3.19. The van der Waals surface area contributed by atoms with E-state index in [2.05, 4.69) is 4.98 Å². The lowest BCUT2D eigenvalue weighted by atomic mass is 10.2. The van der Waals surface area contributed by atoms with E-state index in [9.17, 15) is 13.5 Å². The van der Waals surface area contributed by atoms with Gasteiger partial charge < -0.3 is 19.1 Å². The van der Waals surface area contributed by atoms with Gasteiger partial charge in [-0.15, -0.1) is 0 Å². The second-order valence-corrected chi connectivity index (χ2v) is 10.1. The Bertz CT molecular complexity index is 1430. The third-order valence-corrected chi connectivity index (χ3v) is 7.16. The molecule has 7 nitrogen and oxygen atoms in total. The Morgan fingerprint density at radius 1 is 1.03 bits per heavy atom. The number of benzene rings is 3. The molecule has 0 bridgehead atoms. The Labute approximate surface area is 205 Å². The van der Waals surface area contributed by atoms with Crippen LogP contribution in [-0.4, -0.2) is 42.9 Å². The highest BCUT2D eigenvalue weighted by atomic mass is 32.2. The van der Waals surface area contributed by atoms with E-state index in [1.165, 1.54) is 0 Å². The van der Waals surface area contributed by atoms with Gasteiger partial charge in [0, 0.05) is 0 Å². The Balaban J connectivity index is 1.55. The van der Waals surface area contributed by atoms with Crippen molar-refractivity contribution < 1.29 is 23.0 Å². The summed E-state index contributed by atoms with van der Waals surface area (Å²) in [5.41, 5.74) is 2.39. The molecule has 0 aliphatic carbocycles. The molecule has 1 N–H and O–H groups in total. The van der Waals surface area contributed by atoms with Crippen molar-refractivity contribution >= 4 is 26.9 Å². The first kappa shape index (κ1) is 24.5. The van der Waals surface area contributed by atoms with Gasteiger partial charge in [0.05, 0.1) is 29.6 Å². The smallest absolute Gasteiger partial charge is 0.185 e. The van der Waals surface area contributed by atoms with Gasteiger partial charge in [0.2, 0.25) is 0 Å². The van der Waals surface area contributed by atoms with E-state index < -0.39 is 15.9 Å². The molecule has 1 atom stereocenters. The predicted octanol–water partition coefficient (Wildman–Crippen LogP) is 4.49. The first-order valence-corrected chi connectivity index (χ1v) is 12.9. The summed E-state index contributed by atoms with van der Waals surface area (Å²) in [5.74, 6) is 1.17. The van der Waals surface area contributed by atoms with Gasteiger partial charge in [-0.2, -0.15) is 0 Å². The van der Waals surface area contributed by atoms with Crippen LogP contribution in [0.4, 0.5) is 0 Å². The zero-order chi connectivity index (χ0) is 24.8. The largest absolute Gasteiger partial charge is 0.493 e. The summed E-state index contributed by atoms with van der Waals surface area (Å²) in [7, 11) is -2.05. The number of rotatable bonds is 10. The number of aliphatic hydroxyl groups is 1. The SMILES string of the molecule is C/C=C/c1ccc(OC[C@H](O)Cn2c(CS(=O)(=O)c3ccccc3)nc3ccccc32)c(OC)c1. The zero-order valence-corrected chi connectivity index (χ0v) is 20.5. The minimum Gasteiger partial charge on any atom is -0.493 e. The molecule has 1 heterocycles. The summed E-state index contributed by atoms with van der Waals surface area (Å²) in [6, 6.07) is 21.2. The summed E-state index contributed by atoms with van der Waals surface area (Å²) < 4.78 is 39.0. The molecule has 8 heteroatoms. The topological polar surface area (TPSA) is 90.7 Å². The molecule has 1 aromatic heterocycles. The van der Waals surface area contributed by atoms with Crippen LogP contribution in [0.1, 0.15) is 18.3 Å². The Hall–Kier alpha value is -3.62. The van der Waals surface area contributed by atoms with Crippen molar-refractivity contribution in [3.05, 3.63) is 90.3 Å². The van der Waals surface area contributed by atoms with Crippen molar-refractivity contribution in [1.82, 2.24) is 9.55 Å². The van der Waals surface area contributed by atoms with E-state index in [4.69, 9.17) is 9.47 Å². The summed E-state index contributed by atoms with van der Waals surface area (Å²) in [6.07, 6.45) is 2.98. The normalized spacial score (nSPS) is 12.8. The number of nitrogens with zero attached hydrogens (tertiary/aromatic N) is 2. The Morgan fingerprint density at radius 2 is 1.77 bits per heavy atom. The van der Waals surface area contributed by atoms with E-state index in [0.29, 0.717) is 22.8 Å². The molecule has 0 radical (unpaired) electrons. The predicted molar refractivity (Wildman–Crippen MR) is 136 cm³/mol. The molecule has 3 aromatic carbocycles. The maximum absolute atomic E-state index is 13.0. The van der Waals surface area contributed by atoms with Crippen LogP contribution in [0.15, 0.2) is 83.8 Å². The second kappa shape index (κ2) is 10.8. The van der Waals surface area contributed by atoms with Crippen molar-refractivity contribution in [3.63, 3.8) is 0 Å². The van der Waals surface area contributed by atoms with Gasteiger partial charge in [-0.25, -0.2) is 13.4 Å². The van der Waals surface area contributed by atoms with Crippen LogP contribution >= 0.6 is 0 Å². The third-order valence-electron chi connectivity index (χ3n) is 5.53. The molecular weight excluding hydrogens is 464 g/mol. The number of hydrogen-bond acceptors (Lipinski definition) is 6. The number of fused-ring (bicyclic) bond motifs is 1. The van der Waals surface area contributed by atoms with Crippen LogP contribution in [-0.2, 0) is 22.1 Å². The number of allylic oxidation sites excluding steroid dienone is 1. The number of sulfone groups is 1. The number of hydrogen-bond donors (Lipinski definition) is 1. The van der Waals surface area contributed by atoms with Crippen molar-refractivity contribution in [1.29, 1.82) is 0 Å². The van der Waals surface area contributed by atoms with Crippen LogP contribution in [0.25, 0.3) is 17.1 Å². The Kier molecular flexibility index (Phi) is 7.53. The van der Waals surface area contributed by atoms with Crippen LogP contribution in [0.5, 0.6) is 11.5 Å². The first-order chi connectivity index (χ1) is 16.9. The first-order valence-electron chi connectivity index (χ1n) is 11.2. The van der Waals surface area contributed by atoms with Crippen LogP contribution in [0.3, 0.4) is 0 Å². The van der Waals surface area contributed by atoms with Crippen LogP contribution < -0.4 is 9.47 Å². The minimum absolute atomic E-state index is 0.00327. The number of methoxy groups -OCH3 is 1. The second-order valence-electron chi connectivity index (χ2n) is 8.07. The maximum atomic E-state index is 13.0. The number of aromatic nitrogens is 2. The highest BCUT2D eigenvalue weighted by Crippen LogP contribution is 2.29. The zero-order valence-electron chi connectivity index (χ0n) is 19.7. The van der Waals surface area contributed by atoms with Gasteiger partial charge in [-0.05, 0) is 48.9 Å². The Morgan fingerprint density at radius 3 is 2.51 bits per heavy atom. The number of imidazole rings is 1. The van der Waals surface area contributed by atoms with Crippen molar-refractivity contribution in [3.8, 4) is 11.5 Å². The van der Waals surface area contributed by atoms with Crippen LogP contribution in [0.2, 0.25) is 0 Å². The lowest BCUT2D eigenvalue weighted by Crippen LogP contribution is -2.25. The van der Waals surface area contributed by atoms with Crippen molar-refractivity contribution in [2.75, 3.05) is 13.7 Å². The van der Waals surface area contributed by atoms with E-state index in [0.717, 1.165) is 11.1 Å². The molecule has 182 valence electrons. The van der Waals surface area contributed by atoms with Crippen LogP contribution in [0, 0.1) is 0 Å². The molecule has 0 unspecified atom stereocenters. The average molecular weight is 493 g/mol. The fraction of sp³-hybridized carbons (Fsp3) is 0.222. The number of para-hydroxylation sites is 2. The molecule has 4 aromatic rings. The third kappa shape index (κ3) is 5.72. The standard InChI is InChI=1S/C27H28N2O5S/c1-3-9-20-14-15-25(26(16-20)33-2)34-18-21(30)17-29-24-13-8-7-12-23(24)28-27(29)19-35(31,32)22-10-5-4-6-11-22/h3-16,21,30H,17-19H2,1-2H3/b9-3+/t21-/m1/s1. The highest BCUT2D eigenvalue weighted by molar-refractivity contribution is 7.90. The molecule has 0 amide bonds. The minimum atomic E-state index is -3.61. The van der Waals surface area contributed by atoms with Gasteiger partial charge in [0.1, 0.15) is 24.3 Å². The van der Waals surface area contributed by atoms with E-state index >= 15 is 0 Å². The molecule has 35 heavy (non-hydrogen) atoms. The molecule has 0 aliphatic rings. The highest BCUT2D eigenvalue weighted by Gasteiger charge is 2.22. The molecule has 4 rings (SSSR count). The molecule has 0 saturated carbocycles. The maximum Gasteiger partial charge on any atom is 0.185 e. The van der Waals surface area contributed by atoms with Gasteiger partial charge in [0.25, 0.3) is 0 Å². The fourth-order valence-electron chi connectivity index (χ4n) is 3.87. The molecule has 0 spiro atoms. The van der Waals surface area contributed by atoms with Crippen molar-refractivity contribution in [2.24, 2.45) is 0 Å². The summed E-state index contributed by atoms with van der Waals surface area (Å²) in [4.78, 5) is 4.79. The van der Waals surface area contributed by atoms with Gasteiger partial charge in [0.15, 0.2) is 21.3 Å². The number of aliphatic hydroxyl groups excluding tert-OH is 1.